The first-order valence-electron chi connectivity index (χ1n) is 6.32. The SMILES string of the molecule is N#Cc1ccc(C(F)(F)F)nc1N1CCCCC1C(=O)O. The summed E-state index contributed by atoms with van der Waals surface area (Å²) in [5.41, 5.74) is -1.19. The van der Waals surface area contributed by atoms with Gasteiger partial charge in [0.15, 0.2) is 0 Å². The van der Waals surface area contributed by atoms with Crippen LogP contribution in [0.2, 0.25) is 0 Å². The van der Waals surface area contributed by atoms with Crippen molar-refractivity contribution in [1.82, 2.24) is 4.98 Å². The largest absolute Gasteiger partial charge is 0.480 e. The molecule has 1 aromatic heterocycles. The number of pyridine rings is 1. The molecule has 1 saturated heterocycles. The van der Waals surface area contributed by atoms with Crippen molar-refractivity contribution in [1.29, 1.82) is 5.26 Å². The summed E-state index contributed by atoms with van der Waals surface area (Å²) in [4.78, 5) is 16.0. The number of aliphatic carboxylic acids is 1. The lowest BCUT2D eigenvalue weighted by atomic mass is 10.0. The Bertz CT molecular complexity index is 595. The minimum Gasteiger partial charge on any atom is -0.480 e. The molecule has 112 valence electrons. The highest BCUT2D eigenvalue weighted by atomic mass is 19.4. The lowest BCUT2D eigenvalue weighted by Gasteiger charge is -2.34. The number of aromatic nitrogens is 1. The molecule has 0 spiro atoms. The van der Waals surface area contributed by atoms with E-state index in [0.717, 1.165) is 12.1 Å². The molecule has 1 aliphatic rings. The molecule has 2 rings (SSSR count). The van der Waals surface area contributed by atoms with Crippen LogP contribution in [0.3, 0.4) is 0 Å². The molecule has 0 bridgehead atoms. The van der Waals surface area contributed by atoms with Crippen LogP contribution in [0.5, 0.6) is 0 Å². The van der Waals surface area contributed by atoms with E-state index in [0.29, 0.717) is 19.3 Å². The molecule has 1 fully saturated rings. The van der Waals surface area contributed by atoms with Crippen molar-refractivity contribution in [3.8, 4) is 6.07 Å². The molecule has 0 aliphatic carbocycles. The molecule has 1 atom stereocenters. The molecular formula is C13H12F3N3O2. The van der Waals surface area contributed by atoms with E-state index in [1.807, 2.05) is 0 Å². The van der Waals surface area contributed by atoms with Crippen LogP contribution in [-0.2, 0) is 11.0 Å². The molecule has 8 heteroatoms. The van der Waals surface area contributed by atoms with Gasteiger partial charge in [-0.1, -0.05) is 0 Å². The van der Waals surface area contributed by atoms with E-state index < -0.39 is 23.9 Å². The summed E-state index contributed by atoms with van der Waals surface area (Å²) >= 11 is 0. The van der Waals surface area contributed by atoms with Crippen LogP contribution in [0.25, 0.3) is 0 Å². The third-order valence-electron chi connectivity index (χ3n) is 3.35. The van der Waals surface area contributed by atoms with Crippen molar-refractivity contribution in [3.05, 3.63) is 23.4 Å². The van der Waals surface area contributed by atoms with E-state index in [2.05, 4.69) is 4.98 Å². The molecule has 1 aliphatic heterocycles. The number of rotatable bonds is 2. The third-order valence-corrected chi connectivity index (χ3v) is 3.35. The van der Waals surface area contributed by atoms with Crippen molar-refractivity contribution in [2.75, 3.05) is 11.4 Å². The number of carboxylic acids is 1. The number of halogens is 3. The number of alkyl halides is 3. The molecule has 5 nitrogen and oxygen atoms in total. The first-order valence-corrected chi connectivity index (χ1v) is 6.32. The maximum atomic E-state index is 12.7. The summed E-state index contributed by atoms with van der Waals surface area (Å²) in [6, 6.07) is 2.56. The average molecular weight is 299 g/mol. The smallest absolute Gasteiger partial charge is 0.433 e. The average Bonchev–Trinajstić information content (AvgIpc) is 2.45. The van der Waals surface area contributed by atoms with Crippen molar-refractivity contribution < 1.29 is 23.1 Å². The monoisotopic (exact) mass is 299 g/mol. The van der Waals surface area contributed by atoms with Gasteiger partial charge in [0.1, 0.15) is 23.6 Å². The van der Waals surface area contributed by atoms with Gasteiger partial charge in [-0.05, 0) is 31.4 Å². The zero-order valence-corrected chi connectivity index (χ0v) is 10.9. The van der Waals surface area contributed by atoms with E-state index in [4.69, 9.17) is 5.26 Å². The van der Waals surface area contributed by atoms with E-state index in [1.165, 1.54) is 4.90 Å². The number of hydrogen-bond acceptors (Lipinski definition) is 4. The van der Waals surface area contributed by atoms with Crippen LogP contribution < -0.4 is 4.90 Å². The number of nitriles is 1. The van der Waals surface area contributed by atoms with Crippen molar-refractivity contribution in [2.45, 2.75) is 31.5 Å². The van der Waals surface area contributed by atoms with Crippen LogP contribution in [0.15, 0.2) is 12.1 Å². The maximum Gasteiger partial charge on any atom is 0.433 e. The number of hydrogen-bond donors (Lipinski definition) is 1. The van der Waals surface area contributed by atoms with E-state index in [1.54, 1.807) is 6.07 Å². The Morgan fingerprint density at radius 2 is 2.14 bits per heavy atom. The lowest BCUT2D eigenvalue weighted by molar-refractivity contribution is -0.141. The highest BCUT2D eigenvalue weighted by Gasteiger charge is 2.36. The molecule has 21 heavy (non-hydrogen) atoms. The molecule has 2 heterocycles. The van der Waals surface area contributed by atoms with Crippen LogP contribution in [0.1, 0.15) is 30.5 Å². The van der Waals surface area contributed by atoms with Crippen LogP contribution >= 0.6 is 0 Å². The fourth-order valence-electron chi connectivity index (χ4n) is 2.35. The Kier molecular flexibility index (Phi) is 4.02. The number of carbonyl (C=O) groups is 1. The Hall–Kier alpha value is -2.30. The van der Waals surface area contributed by atoms with E-state index in [-0.39, 0.29) is 17.9 Å². The Morgan fingerprint density at radius 3 is 2.71 bits per heavy atom. The van der Waals surface area contributed by atoms with E-state index in [9.17, 15) is 23.1 Å². The quantitative estimate of drug-likeness (QED) is 0.907. The number of nitrogens with zero attached hydrogens (tertiary/aromatic N) is 3. The van der Waals surface area contributed by atoms with Gasteiger partial charge in [0, 0.05) is 6.54 Å². The second-order valence-corrected chi connectivity index (χ2v) is 4.72. The minimum absolute atomic E-state index is 0.0591. The fraction of sp³-hybridized carbons (Fsp3) is 0.462. The summed E-state index contributed by atoms with van der Waals surface area (Å²) in [6.45, 7) is 0.264. The maximum absolute atomic E-state index is 12.7. The Balaban J connectivity index is 2.49. The number of anilines is 1. The van der Waals surface area contributed by atoms with E-state index >= 15 is 0 Å². The zero-order chi connectivity index (χ0) is 15.6. The first-order chi connectivity index (χ1) is 9.84. The van der Waals surface area contributed by atoms with Crippen molar-refractivity contribution in [2.24, 2.45) is 0 Å². The summed E-state index contributed by atoms with van der Waals surface area (Å²) in [5.74, 6) is -1.34. The van der Waals surface area contributed by atoms with Gasteiger partial charge in [0.2, 0.25) is 0 Å². The molecular weight excluding hydrogens is 287 g/mol. The summed E-state index contributed by atoms with van der Waals surface area (Å²) in [7, 11) is 0. The predicted molar refractivity (Wildman–Crippen MR) is 66.6 cm³/mol. The lowest BCUT2D eigenvalue weighted by Crippen LogP contribution is -2.45. The third kappa shape index (κ3) is 3.07. The molecule has 1 unspecified atom stereocenters. The summed E-state index contributed by atoms with van der Waals surface area (Å²) < 4.78 is 38.2. The first kappa shape index (κ1) is 15.1. The Morgan fingerprint density at radius 1 is 1.43 bits per heavy atom. The standard InChI is InChI=1S/C13H12F3N3O2/c14-13(15,16)10-5-4-8(7-17)11(18-10)19-6-2-1-3-9(19)12(20)21/h4-5,9H,1-3,6H2,(H,20,21). The Labute approximate surface area is 118 Å². The molecule has 1 N–H and O–H groups in total. The highest BCUT2D eigenvalue weighted by Crippen LogP contribution is 2.32. The molecule has 0 aromatic carbocycles. The predicted octanol–water partition coefficient (Wildman–Crippen LogP) is 2.42. The van der Waals surface area contributed by atoms with Crippen LogP contribution in [-0.4, -0.2) is 28.6 Å². The summed E-state index contributed by atoms with van der Waals surface area (Å²) in [6.07, 6.45) is -3.00. The van der Waals surface area contributed by atoms with Gasteiger partial charge < -0.3 is 10.0 Å². The van der Waals surface area contributed by atoms with Gasteiger partial charge in [0.05, 0.1) is 5.56 Å². The zero-order valence-electron chi connectivity index (χ0n) is 10.9. The van der Waals surface area contributed by atoms with Crippen LogP contribution in [0.4, 0.5) is 19.0 Å². The second kappa shape index (κ2) is 5.60. The van der Waals surface area contributed by atoms with Gasteiger partial charge in [-0.25, -0.2) is 9.78 Å². The summed E-state index contributed by atoms with van der Waals surface area (Å²) in [5, 5.41) is 18.2. The van der Waals surface area contributed by atoms with Gasteiger partial charge in [-0.15, -0.1) is 0 Å². The minimum atomic E-state index is -4.64. The van der Waals surface area contributed by atoms with Gasteiger partial charge in [0.25, 0.3) is 0 Å². The topological polar surface area (TPSA) is 77.2 Å². The molecule has 0 saturated carbocycles. The molecule has 0 amide bonds. The number of piperidine rings is 1. The highest BCUT2D eigenvalue weighted by molar-refractivity contribution is 5.78. The second-order valence-electron chi connectivity index (χ2n) is 4.72. The van der Waals surface area contributed by atoms with Crippen molar-refractivity contribution >= 4 is 11.8 Å². The molecule has 1 aromatic rings. The fourth-order valence-corrected chi connectivity index (χ4v) is 2.35. The molecule has 0 radical (unpaired) electrons. The van der Waals surface area contributed by atoms with Gasteiger partial charge in [-0.3, -0.25) is 0 Å². The number of carboxylic acid groups (broad SMARTS) is 1. The van der Waals surface area contributed by atoms with Crippen LogP contribution in [0, 0.1) is 11.3 Å². The van der Waals surface area contributed by atoms with Crippen molar-refractivity contribution in [3.63, 3.8) is 0 Å². The van der Waals surface area contributed by atoms with Gasteiger partial charge in [-0.2, -0.15) is 18.4 Å². The normalized spacial score (nSPS) is 19.1. The van der Waals surface area contributed by atoms with Gasteiger partial charge >= 0.3 is 12.1 Å².